The molecule has 3 aromatic carbocycles. The minimum Gasteiger partial charge on any atom is -0.508 e. The van der Waals surface area contributed by atoms with Gasteiger partial charge in [-0.25, -0.2) is 0 Å². The lowest BCUT2D eigenvalue weighted by molar-refractivity contribution is 0.0808. The zero-order valence-electron chi connectivity index (χ0n) is 17.2. The Morgan fingerprint density at radius 2 is 1.52 bits per heavy atom. The molecule has 1 aromatic heterocycles. The lowest BCUT2D eigenvalue weighted by atomic mass is 9.95. The average molecular weight is 412 g/mol. The van der Waals surface area contributed by atoms with E-state index in [1.165, 1.54) is 0 Å². The minimum absolute atomic E-state index is 0.127. The van der Waals surface area contributed by atoms with E-state index in [2.05, 4.69) is 14.8 Å². The van der Waals surface area contributed by atoms with Crippen molar-refractivity contribution in [1.82, 2.24) is 9.88 Å². The average Bonchev–Trinajstić information content (AvgIpc) is 3.25. The summed E-state index contributed by atoms with van der Waals surface area (Å²) in [7, 11) is 0. The van der Waals surface area contributed by atoms with E-state index in [1.807, 2.05) is 72.9 Å². The fourth-order valence-electron chi connectivity index (χ4n) is 4.49. The smallest absolute Gasteiger partial charge is 0.186 e. The molecule has 156 valence electrons. The maximum Gasteiger partial charge on any atom is 0.186 e. The van der Waals surface area contributed by atoms with E-state index >= 15 is 0 Å². The largest absolute Gasteiger partial charge is 0.508 e. The molecular formula is C26H25N3O2. The van der Waals surface area contributed by atoms with Crippen LogP contribution in [0.15, 0.2) is 85.1 Å². The second-order valence-electron chi connectivity index (χ2n) is 7.96. The van der Waals surface area contributed by atoms with E-state index in [1.54, 1.807) is 12.1 Å². The van der Waals surface area contributed by atoms with Crippen LogP contribution in [0.3, 0.4) is 0 Å². The highest BCUT2D eigenvalue weighted by molar-refractivity contribution is 6.10. The normalized spacial score (nSPS) is 15.8. The number of hydrogen-bond donors (Lipinski definition) is 2. The molecule has 4 aromatic rings. The number of phenols is 1. The van der Waals surface area contributed by atoms with Gasteiger partial charge in [0.2, 0.25) is 0 Å². The SMILES string of the molecule is O=C(c1c[nH]c2ccccc12)C(c1ccccc1)N1CCN(c2ccc(O)cc2)CC1. The predicted octanol–water partition coefficient (Wildman–Crippen LogP) is 4.62. The van der Waals surface area contributed by atoms with Gasteiger partial charge in [-0.15, -0.1) is 0 Å². The molecule has 0 amide bonds. The monoisotopic (exact) mass is 411 g/mol. The van der Waals surface area contributed by atoms with E-state index in [0.717, 1.165) is 53.9 Å². The summed E-state index contributed by atoms with van der Waals surface area (Å²) in [6.45, 7) is 3.23. The number of piperazine rings is 1. The maximum absolute atomic E-state index is 13.8. The van der Waals surface area contributed by atoms with Crippen LogP contribution < -0.4 is 4.90 Å². The number of nitrogens with one attached hydrogen (secondary N) is 1. The number of aromatic hydroxyl groups is 1. The van der Waals surface area contributed by atoms with Gasteiger partial charge in [0.05, 0.1) is 6.04 Å². The van der Waals surface area contributed by atoms with Crippen molar-refractivity contribution in [3.8, 4) is 5.75 Å². The molecule has 1 aliphatic rings. The number of Topliss-reactive ketones (excluding diaryl/α,β-unsaturated/α-hetero) is 1. The number of benzene rings is 3. The highest BCUT2D eigenvalue weighted by atomic mass is 16.3. The molecule has 0 radical (unpaired) electrons. The molecule has 0 bridgehead atoms. The standard InChI is InChI=1S/C26H25N3O2/c30-21-12-10-20(11-13-21)28-14-16-29(17-15-28)25(19-6-2-1-3-7-19)26(31)23-18-27-24-9-5-4-8-22(23)24/h1-13,18,25,27,30H,14-17H2. The lowest BCUT2D eigenvalue weighted by Crippen LogP contribution is -2.49. The summed E-state index contributed by atoms with van der Waals surface area (Å²) in [5, 5.41) is 10.5. The van der Waals surface area contributed by atoms with Crippen molar-refractivity contribution in [2.45, 2.75) is 6.04 Å². The molecule has 1 atom stereocenters. The van der Waals surface area contributed by atoms with E-state index in [9.17, 15) is 9.90 Å². The third-order valence-electron chi connectivity index (χ3n) is 6.11. The van der Waals surface area contributed by atoms with Gasteiger partial charge in [-0.05, 0) is 35.9 Å². The van der Waals surface area contributed by atoms with E-state index in [4.69, 9.17) is 0 Å². The van der Waals surface area contributed by atoms with Crippen LogP contribution in [0.5, 0.6) is 5.75 Å². The van der Waals surface area contributed by atoms with Crippen LogP contribution in [0.25, 0.3) is 10.9 Å². The third kappa shape index (κ3) is 3.80. The molecule has 5 nitrogen and oxygen atoms in total. The molecule has 0 spiro atoms. The molecule has 5 heteroatoms. The Morgan fingerprint density at radius 1 is 0.839 bits per heavy atom. The van der Waals surface area contributed by atoms with Gasteiger partial charge in [-0.3, -0.25) is 9.69 Å². The number of carbonyl (C=O) groups excluding carboxylic acids is 1. The van der Waals surface area contributed by atoms with Gasteiger partial charge in [0.25, 0.3) is 0 Å². The van der Waals surface area contributed by atoms with E-state index in [-0.39, 0.29) is 17.6 Å². The van der Waals surface area contributed by atoms with Crippen molar-refractivity contribution in [3.63, 3.8) is 0 Å². The number of fused-ring (bicyclic) bond motifs is 1. The first-order valence-corrected chi connectivity index (χ1v) is 10.6. The van der Waals surface area contributed by atoms with Crippen LogP contribution >= 0.6 is 0 Å². The highest BCUT2D eigenvalue weighted by Crippen LogP contribution is 2.30. The van der Waals surface area contributed by atoms with Gasteiger partial charge in [0, 0.05) is 54.5 Å². The maximum atomic E-state index is 13.8. The Hall–Kier alpha value is -3.57. The number of rotatable bonds is 5. The van der Waals surface area contributed by atoms with Crippen molar-refractivity contribution in [3.05, 3.63) is 96.2 Å². The van der Waals surface area contributed by atoms with Crippen LogP contribution in [0, 0.1) is 0 Å². The van der Waals surface area contributed by atoms with E-state index in [0.29, 0.717) is 0 Å². The molecule has 31 heavy (non-hydrogen) atoms. The second-order valence-corrected chi connectivity index (χ2v) is 7.96. The van der Waals surface area contributed by atoms with Crippen LogP contribution in [0.2, 0.25) is 0 Å². The molecule has 1 unspecified atom stereocenters. The number of anilines is 1. The number of ketones is 1. The van der Waals surface area contributed by atoms with Gasteiger partial charge < -0.3 is 15.0 Å². The van der Waals surface area contributed by atoms with Crippen LogP contribution in [-0.2, 0) is 0 Å². The lowest BCUT2D eigenvalue weighted by Gasteiger charge is -2.39. The Balaban J connectivity index is 1.42. The van der Waals surface area contributed by atoms with Gasteiger partial charge in [-0.1, -0.05) is 48.5 Å². The molecule has 0 aliphatic carbocycles. The van der Waals surface area contributed by atoms with Gasteiger partial charge in [0.15, 0.2) is 5.78 Å². The van der Waals surface area contributed by atoms with Crippen LogP contribution in [0.4, 0.5) is 5.69 Å². The van der Waals surface area contributed by atoms with Crippen molar-refractivity contribution >= 4 is 22.4 Å². The summed E-state index contributed by atoms with van der Waals surface area (Å²) in [6.07, 6.45) is 1.84. The number of phenolic OH excluding ortho intramolecular Hbond substituents is 1. The first-order valence-electron chi connectivity index (χ1n) is 10.6. The molecule has 1 saturated heterocycles. The molecule has 2 N–H and O–H groups in total. The molecule has 0 saturated carbocycles. The fourth-order valence-corrected chi connectivity index (χ4v) is 4.49. The Bertz CT molecular complexity index is 1180. The summed E-state index contributed by atoms with van der Waals surface area (Å²) in [6, 6.07) is 25.0. The summed E-state index contributed by atoms with van der Waals surface area (Å²) in [5.41, 5.74) is 3.84. The number of H-pyrrole nitrogens is 1. The third-order valence-corrected chi connectivity index (χ3v) is 6.11. The highest BCUT2D eigenvalue weighted by Gasteiger charge is 2.32. The molecule has 2 heterocycles. The topological polar surface area (TPSA) is 59.6 Å². The predicted molar refractivity (Wildman–Crippen MR) is 124 cm³/mol. The van der Waals surface area contributed by atoms with Gasteiger partial charge >= 0.3 is 0 Å². The summed E-state index contributed by atoms with van der Waals surface area (Å²) < 4.78 is 0. The van der Waals surface area contributed by atoms with E-state index < -0.39 is 0 Å². The molecule has 1 fully saturated rings. The zero-order valence-corrected chi connectivity index (χ0v) is 17.2. The fraction of sp³-hybridized carbons (Fsp3) is 0.192. The van der Waals surface area contributed by atoms with Gasteiger partial charge in [0.1, 0.15) is 5.75 Å². The number of hydrogen-bond acceptors (Lipinski definition) is 4. The van der Waals surface area contributed by atoms with Crippen molar-refractivity contribution in [2.75, 3.05) is 31.1 Å². The Morgan fingerprint density at radius 3 is 2.26 bits per heavy atom. The summed E-state index contributed by atoms with van der Waals surface area (Å²) in [4.78, 5) is 21.6. The van der Waals surface area contributed by atoms with Crippen molar-refractivity contribution in [1.29, 1.82) is 0 Å². The van der Waals surface area contributed by atoms with Crippen LogP contribution in [-0.4, -0.2) is 47.0 Å². The quantitative estimate of drug-likeness (QED) is 0.471. The molecular weight excluding hydrogens is 386 g/mol. The summed E-state index contributed by atoms with van der Waals surface area (Å²) in [5.74, 6) is 0.401. The zero-order chi connectivity index (χ0) is 21.2. The molecule has 1 aliphatic heterocycles. The number of aromatic nitrogens is 1. The number of aromatic amines is 1. The Labute approximate surface area is 181 Å². The molecule has 5 rings (SSSR count). The minimum atomic E-state index is -0.317. The first kappa shape index (κ1) is 19.4. The number of carbonyl (C=O) groups is 1. The Kier molecular flexibility index (Phi) is 5.18. The van der Waals surface area contributed by atoms with Gasteiger partial charge in [-0.2, -0.15) is 0 Å². The van der Waals surface area contributed by atoms with Crippen molar-refractivity contribution in [2.24, 2.45) is 0 Å². The van der Waals surface area contributed by atoms with Crippen molar-refractivity contribution < 1.29 is 9.90 Å². The second kappa shape index (κ2) is 8.28. The van der Waals surface area contributed by atoms with Crippen LogP contribution in [0.1, 0.15) is 22.0 Å². The number of para-hydroxylation sites is 1. The number of nitrogens with zero attached hydrogens (tertiary/aromatic N) is 2. The summed E-state index contributed by atoms with van der Waals surface area (Å²) >= 11 is 0. The first-order chi connectivity index (χ1) is 15.2.